The molecular formula is C45H40N2O4. The summed E-state index contributed by atoms with van der Waals surface area (Å²) < 4.78 is 11.5. The molecule has 6 heteroatoms. The zero-order chi connectivity index (χ0) is 35.5. The second kappa shape index (κ2) is 14.0. The van der Waals surface area contributed by atoms with Gasteiger partial charge in [-0.3, -0.25) is 9.59 Å². The highest BCUT2D eigenvalue weighted by molar-refractivity contribution is 5.93. The summed E-state index contributed by atoms with van der Waals surface area (Å²) in [5.74, 6) is 0.870. The van der Waals surface area contributed by atoms with E-state index in [4.69, 9.17) is 9.47 Å². The number of benzene rings is 6. The summed E-state index contributed by atoms with van der Waals surface area (Å²) in [5.41, 5.74) is 12.1. The lowest BCUT2D eigenvalue weighted by Gasteiger charge is -2.34. The number of ether oxygens (including phenoxy) is 2. The minimum Gasteiger partial charge on any atom is -0.484 e. The third-order valence-corrected chi connectivity index (χ3v) is 9.85. The fraction of sp³-hybridized carbons (Fsp3) is 0.156. The Bertz CT molecular complexity index is 2080. The Labute approximate surface area is 299 Å². The second-order valence-electron chi connectivity index (χ2n) is 13.2. The highest BCUT2D eigenvalue weighted by Gasteiger charge is 2.45. The average molecular weight is 673 g/mol. The summed E-state index contributed by atoms with van der Waals surface area (Å²) in [4.78, 5) is 25.7. The molecule has 0 unspecified atom stereocenters. The van der Waals surface area contributed by atoms with Crippen LogP contribution < -0.4 is 20.1 Å². The first-order valence-electron chi connectivity index (χ1n) is 17.1. The minimum atomic E-state index is -0.628. The van der Waals surface area contributed by atoms with E-state index >= 15 is 0 Å². The maximum Gasteiger partial charge on any atom is 0.262 e. The van der Waals surface area contributed by atoms with E-state index in [0.717, 1.165) is 22.3 Å². The molecular weight excluding hydrogens is 633 g/mol. The molecule has 0 atom stereocenters. The number of aryl methyl sites for hydroxylation is 4. The van der Waals surface area contributed by atoms with Gasteiger partial charge in [-0.1, -0.05) is 84.9 Å². The normalized spacial score (nSPS) is 12.4. The molecule has 0 aromatic heterocycles. The van der Waals surface area contributed by atoms with Crippen molar-refractivity contribution in [2.24, 2.45) is 0 Å². The van der Waals surface area contributed by atoms with Crippen LogP contribution in [0.3, 0.4) is 0 Å². The molecule has 51 heavy (non-hydrogen) atoms. The molecule has 6 nitrogen and oxygen atoms in total. The number of rotatable bonds is 10. The van der Waals surface area contributed by atoms with E-state index < -0.39 is 5.41 Å². The van der Waals surface area contributed by atoms with Gasteiger partial charge in [0.2, 0.25) is 0 Å². The number of anilines is 2. The van der Waals surface area contributed by atoms with Gasteiger partial charge >= 0.3 is 0 Å². The Morgan fingerprint density at radius 2 is 0.882 bits per heavy atom. The van der Waals surface area contributed by atoms with Crippen LogP contribution in [0.15, 0.2) is 133 Å². The van der Waals surface area contributed by atoms with Crippen LogP contribution in [0, 0.1) is 27.7 Å². The van der Waals surface area contributed by atoms with Gasteiger partial charge in [-0.2, -0.15) is 0 Å². The molecule has 6 aromatic carbocycles. The molecule has 0 saturated carbocycles. The summed E-state index contributed by atoms with van der Waals surface area (Å²) in [7, 11) is 0. The highest BCUT2D eigenvalue weighted by atomic mass is 16.5. The number of carbonyl (C=O) groups is 2. The Balaban J connectivity index is 1.15. The monoisotopic (exact) mass is 672 g/mol. The van der Waals surface area contributed by atoms with Crippen LogP contribution in [0.1, 0.15) is 44.5 Å². The van der Waals surface area contributed by atoms with E-state index in [0.29, 0.717) is 22.9 Å². The molecule has 254 valence electrons. The van der Waals surface area contributed by atoms with Crippen LogP contribution in [-0.2, 0) is 15.0 Å². The first-order chi connectivity index (χ1) is 24.7. The molecule has 0 bridgehead atoms. The minimum absolute atomic E-state index is 0.0877. The Morgan fingerprint density at radius 3 is 1.27 bits per heavy atom. The maximum atomic E-state index is 12.9. The van der Waals surface area contributed by atoms with Gasteiger partial charge in [0, 0.05) is 11.4 Å². The molecule has 7 rings (SSSR count). The highest BCUT2D eigenvalue weighted by Crippen LogP contribution is 2.56. The van der Waals surface area contributed by atoms with Gasteiger partial charge in [-0.15, -0.1) is 0 Å². The summed E-state index contributed by atoms with van der Waals surface area (Å²) in [5, 5.41) is 5.97. The molecule has 6 aromatic rings. The van der Waals surface area contributed by atoms with E-state index in [1.807, 2.05) is 88.4 Å². The Hall–Kier alpha value is -6.14. The smallest absolute Gasteiger partial charge is 0.262 e. The zero-order valence-corrected chi connectivity index (χ0v) is 29.2. The summed E-state index contributed by atoms with van der Waals surface area (Å²) in [6.45, 7) is 7.96. The van der Waals surface area contributed by atoms with Crippen LogP contribution in [0.5, 0.6) is 11.5 Å². The number of hydrogen-bond acceptors (Lipinski definition) is 4. The number of carbonyl (C=O) groups excluding carboxylic acids is 2. The van der Waals surface area contributed by atoms with Crippen molar-refractivity contribution in [3.8, 4) is 22.6 Å². The quantitative estimate of drug-likeness (QED) is 0.152. The summed E-state index contributed by atoms with van der Waals surface area (Å²) in [6, 6.07) is 44.7. The van der Waals surface area contributed by atoms with Gasteiger partial charge in [0.25, 0.3) is 11.8 Å². The summed E-state index contributed by atoms with van der Waals surface area (Å²) >= 11 is 0. The van der Waals surface area contributed by atoms with E-state index in [9.17, 15) is 9.59 Å². The van der Waals surface area contributed by atoms with Crippen LogP contribution in [0.2, 0.25) is 0 Å². The van der Waals surface area contributed by atoms with Crippen LogP contribution >= 0.6 is 0 Å². The second-order valence-corrected chi connectivity index (χ2v) is 13.2. The van der Waals surface area contributed by atoms with E-state index in [1.165, 1.54) is 33.4 Å². The first-order valence-corrected chi connectivity index (χ1v) is 17.1. The number of hydrogen-bond donors (Lipinski definition) is 2. The Kier molecular flexibility index (Phi) is 9.16. The average Bonchev–Trinajstić information content (AvgIpc) is 3.44. The lowest BCUT2D eigenvalue weighted by atomic mass is 9.67. The van der Waals surface area contributed by atoms with Crippen molar-refractivity contribution in [3.63, 3.8) is 0 Å². The molecule has 2 amide bonds. The van der Waals surface area contributed by atoms with Crippen molar-refractivity contribution >= 4 is 23.2 Å². The third-order valence-electron chi connectivity index (χ3n) is 9.85. The Morgan fingerprint density at radius 1 is 0.490 bits per heavy atom. The van der Waals surface area contributed by atoms with Crippen LogP contribution in [-0.4, -0.2) is 25.0 Å². The third kappa shape index (κ3) is 6.61. The lowest BCUT2D eigenvalue weighted by Crippen LogP contribution is -2.28. The number of nitrogens with one attached hydrogen (secondary N) is 2. The molecule has 0 aliphatic heterocycles. The molecule has 2 N–H and O–H groups in total. The van der Waals surface area contributed by atoms with Crippen LogP contribution in [0.4, 0.5) is 11.4 Å². The number of amides is 2. The fourth-order valence-corrected chi connectivity index (χ4v) is 6.93. The molecule has 0 saturated heterocycles. The van der Waals surface area contributed by atoms with Gasteiger partial charge in [0.05, 0.1) is 5.41 Å². The topological polar surface area (TPSA) is 76.7 Å². The van der Waals surface area contributed by atoms with Gasteiger partial charge in [0.15, 0.2) is 13.2 Å². The van der Waals surface area contributed by atoms with E-state index in [1.54, 1.807) is 0 Å². The van der Waals surface area contributed by atoms with Crippen molar-refractivity contribution in [1.29, 1.82) is 0 Å². The van der Waals surface area contributed by atoms with Gasteiger partial charge in [-0.05, 0) is 132 Å². The first kappa shape index (κ1) is 33.4. The molecule has 0 heterocycles. The molecule has 0 fully saturated rings. The number of fused-ring (bicyclic) bond motifs is 3. The van der Waals surface area contributed by atoms with Gasteiger partial charge < -0.3 is 20.1 Å². The van der Waals surface area contributed by atoms with Crippen molar-refractivity contribution in [2.45, 2.75) is 33.1 Å². The van der Waals surface area contributed by atoms with Crippen molar-refractivity contribution < 1.29 is 19.1 Å². The fourth-order valence-electron chi connectivity index (χ4n) is 6.93. The van der Waals surface area contributed by atoms with Crippen LogP contribution in [0.25, 0.3) is 11.1 Å². The van der Waals surface area contributed by atoms with E-state index in [-0.39, 0.29) is 25.0 Å². The summed E-state index contributed by atoms with van der Waals surface area (Å²) in [6.07, 6.45) is 0. The van der Waals surface area contributed by atoms with Crippen molar-refractivity contribution in [2.75, 3.05) is 23.8 Å². The SMILES string of the molecule is Cc1ccc(OCC(=O)Nc2ccc(C3(c4ccc(NC(=O)COc5ccc(C)c(C)c5)cc4)c4ccccc4-c4ccccc43)cc2)cc1C. The molecule has 0 radical (unpaired) electrons. The maximum absolute atomic E-state index is 12.9. The van der Waals surface area contributed by atoms with Gasteiger partial charge in [-0.25, -0.2) is 0 Å². The van der Waals surface area contributed by atoms with Crippen molar-refractivity contribution in [1.82, 2.24) is 0 Å². The zero-order valence-electron chi connectivity index (χ0n) is 29.2. The van der Waals surface area contributed by atoms with E-state index in [2.05, 4.69) is 83.4 Å². The largest absolute Gasteiger partial charge is 0.484 e. The molecule has 1 aliphatic rings. The van der Waals surface area contributed by atoms with Gasteiger partial charge in [0.1, 0.15) is 11.5 Å². The predicted octanol–water partition coefficient (Wildman–Crippen LogP) is 9.32. The molecule has 0 spiro atoms. The van der Waals surface area contributed by atoms with Crippen molar-refractivity contribution in [3.05, 3.63) is 178 Å². The molecule has 1 aliphatic carbocycles. The lowest BCUT2D eigenvalue weighted by molar-refractivity contribution is -0.118. The predicted molar refractivity (Wildman–Crippen MR) is 204 cm³/mol. The standard InChI is InChI=1S/C45H40N2O4/c1-29-13-23-37(25-31(29)3)50-27-43(48)46-35-19-15-33(16-20-35)45(41-11-7-5-9-39(41)40-10-6-8-12-42(40)45)34-17-21-36(22-18-34)47-44(49)28-51-38-24-14-30(2)32(4)26-38/h5-26H,27-28H2,1-4H3,(H,46,48)(H,47,49).